The molecule has 0 bridgehead atoms. The number of rotatable bonds is 8. The Morgan fingerprint density at radius 1 is 1.04 bits per heavy atom. The number of carbonyl (C=O) groups excluding carboxylic acids is 2. The smallest absolute Gasteiger partial charge is 0.447 e. The van der Waals surface area contributed by atoms with Crippen LogP contribution in [0.5, 0.6) is 5.75 Å². The van der Waals surface area contributed by atoms with E-state index in [1.165, 1.54) is 49.6 Å². The van der Waals surface area contributed by atoms with Crippen molar-refractivity contribution in [1.29, 1.82) is 0 Å². The van der Waals surface area contributed by atoms with Crippen molar-refractivity contribution in [2.24, 2.45) is 0 Å². The quantitative estimate of drug-likeness (QED) is 0.541. The topological polar surface area (TPSA) is 98.8 Å². The number of ether oxygens (including phenoxy) is 1. The SMILES string of the molecule is COc1ccccc1C(=O)COS(=O)(=O)C(F)(F)C(=O)Nc1ccccc1. The summed E-state index contributed by atoms with van der Waals surface area (Å²) in [7, 11) is -4.43. The Labute approximate surface area is 154 Å². The molecule has 0 aliphatic heterocycles. The van der Waals surface area contributed by atoms with E-state index in [1.807, 2.05) is 0 Å². The van der Waals surface area contributed by atoms with Crippen LogP contribution in [0.25, 0.3) is 0 Å². The van der Waals surface area contributed by atoms with Gasteiger partial charge < -0.3 is 10.1 Å². The Bertz CT molecular complexity index is 931. The number of anilines is 1. The Kier molecular flexibility index (Phi) is 6.24. The summed E-state index contributed by atoms with van der Waals surface area (Å²) in [6, 6.07) is 12.9. The molecule has 2 aromatic carbocycles. The van der Waals surface area contributed by atoms with Crippen molar-refractivity contribution in [2.45, 2.75) is 5.25 Å². The van der Waals surface area contributed by atoms with E-state index >= 15 is 0 Å². The Morgan fingerprint density at radius 2 is 1.63 bits per heavy atom. The van der Waals surface area contributed by atoms with Crippen LogP contribution in [0, 0.1) is 0 Å². The summed E-state index contributed by atoms with van der Waals surface area (Å²) in [6.45, 7) is -1.21. The minimum absolute atomic E-state index is 0.0255. The number of hydrogen-bond donors (Lipinski definition) is 1. The molecule has 1 N–H and O–H groups in total. The molecule has 0 fully saturated rings. The molecule has 0 spiro atoms. The molecular formula is C17H15F2NO6S. The number of benzene rings is 2. The number of ketones is 1. The predicted molar refractivity (Wildman–Crippen MR) is 92.2 cm³/mol. The van der Waals surface area contributed by atoms with Gasteiger partial charge in [-0.15, -0.1) is 0 Å². The first-order valence-electron chi connectivity index (χ1n) is 7.48. The summed E-state index contributed by atoms with van der Waals surface area (Å²) in [4.78, 5) is 23.7. The van der Waals surface area contributed by atoms with E-state index in [0.29, 0.717) is 0 Å². The van der Waals surface area contributed by atoms with Crippen molar-refractivity contribution >= 4 is 27.5 Å². The molecule has 144 valence electrons. The number of hydrogen-bond acceptors (Lipinski definition) is 6. The molecular weight excluding hydrogens is 384 g/mol. The summed E-state index contributed by atoms with van der Waals surface area (Å²) >= 11 is 0. The molecule has 7 nitrogen and oxygen atoms in total. The number of alkyl halides is 2. The fourth-order valence-corrected chi connectivity index (χ4v) is 2.69. The lowest BCUT2D eigenvalue weighted by Gasteiger charge is -2.16. The van der Waals surface area contributed by atoms with E-state index in [9.17, 15) is 26.8 Å². The zero-order chi connectivity index (χ0) is 20.1. The molecule has 0 heterocycles. The van der Waals surface area contributed by atoms with Crippen LogP contribution >= 0.6 is 0 Å². The van der Waals surface area contributed by atoms with Gasteiger partial charge in [0.15, 0.2) is 5.78 Å². The lowest BCUT2D eigenvalue weighted by atomic mass is 10.1. The molecule has 2 rings (SSSR count). The molecule has 0 unspecified atom stereocenters. The largest absolute Gasteiger partial charge is 0.496 e. The van der Waals surface area contributed by atoms with Gasteiger partial charge in [-0.1, -0.05) is 30.3 Å². The van der Waals surface area contributed by atoms with Gasteiger partial charge in [-0.25, -0.2) is 0 Å². The van der Waals surface area contributed by atoms with Crippen LogP contribution in [0.15, 0.2) is 54.6 Å². The lowest BCUT2D eigenvalue weighted by Crippen LogP contribution is -2.43. The maximum absolute atomic E-state index is 14.0. The van der Waals surface area contributed by atoms with Gasteiger partial charge in [0.2, 0.25) is 0 Å². The Hall–Kier alpha value is -2.85. The summed E-state index contributed by atoms with van der Waals surface area (Å²) in [5.41, 5.74) is -0.0743. The summed E-state index contributed by atoms with van der Waals surface area (Å²) in [6.07, 6.45) is 0. The molecule has 2 aromatic rings. The molecule has 0 saturated heterocycles. The first-order valence-corrected chi connectivity index (χ1v) is 8.89. The Balaban J connectivity index is 2.10. The van der Waals surface area contributed by atoms with Crippen molar-refractivity contribution < 1.29 is 35.7 Å². The van der Waals surface area contributed by atoms with E-state index < -0.39 is 33.7 Å². The van der Waals surface area contributed by atoms with Crippen molar-refractivity contribution in [3.8, 4) is 5.75 Å². The zero-order valence-electron chi connectivity index (χ0n) is 14.0. The maximum Gasteiger partial charge on any atom is 0.447 e. The average Bonchev–Trinajstić information content (AvgIpc) is 2.66. The van der Waals surface area contributed by atoms with E-state index in [2.05, 4.69) is 4.18 Å². The van der Waals surface area contributed by atoms with Crippen LogP contribution < -0.4 is 10.1 Å². The van der Waals surface area contributed by atoms with Gasteiger partial charge in [-0.2, -0.15) is 17.2 Å². The average molecular weight is 399 g/mol. The highest BCUT2D eigenvalue weighted by Crippen LogP contribution is 2.26. The van der Waals surface area contributed by atoms with Crippen molar-refractivity contribution in [3.63, 3.8) is 0 Å². The second kappa shape index (κ2) is 8.23. The molecule has 0 aliphatic carbocycles. The van der Waals surface area contributed by atoms with Gasteiger partial charge >= 0.3 is 21.3 Å². The number of amides is 1. The number of nitrogens with one attached hydrogen (secondary N) is 1. The number of para-hydroxylation sites is 2. The van der Waals surface area contributed by atoms with E-state index in [0.717, 1.165) is 0 Å². The Morgan fingerprint density at radius 3 is 2.26 bits per heavy atom. The third-order valence-corrected chi connectivity index (χ3v) is 4.60. The number of carbonyl (C=O) groups is 2. The fourth-order valence-electron chi connectivity index (χ4n) is 2.00. The van der Waals surface area contributed by atoms with Gasteiger partial charge in [-0.3, -0.25) is 13.8 Å². The van der Waals surface area contributed by atoms with Crippen molar-refractivity contribution in [3.05, 3.63) is 60.2 Å². The highest BCUT2D eigenvalue weighted by atomic mass is 32.2. The zero-order valence-corrected chi connectivity index (χ0v) is 14.8. The fraction of sp³-hybridized carbons (Fsp3) is 0.176. The molecule has 0 atom stereocenters. The summed E-state index contributed by atoms with van der Waals surface area (Å²) < 4.78 is 60.6. The number of halogens is 2. The van der Waals surface area contributed by atoms with Crippen LogP contribution in [0.2, 0.25) is 0 Å². The minimum atomic E-state index is -5.71. The highest BCUT2D eigenvalue weighted by molar-refractivity contribution is 7.88. The van der Waals surface area contributed by atoms with Gasteiger partial charge in [-0.05, 0) is 24.3 Å². The normalized spacial score (nSPS) is 11.7. The first kappa shape index (κ1) is 20.5. The maximum atomic E-state index is 14.0. The van der Waals surface area contributed by atoms with Gasteiger partial charge in [0.1, 0.15) is 12.4 Å². The molecule has 27 heavy (non-hydrogen) atoms. The third-order valence-electron chi connectivity index (χ3n) is 3.36. The van der Waals surface area contributed by atoms with Crippen LogP contribution in [0.3, 0.4) is 0 Å². The highest BCUT2D eigenvalue weighted by Gasteiger charge is 2.54. The summed E-state index contributed by atoms with van der Waals surface area (Å²) in [5.74, 6) is -2.88. The van der Waals surface area contributed by atoms with E-state index in [4.69, 9.17) is 4.74 Å². The van der Waals surface area contributed by atoms with E-state index in [-0.39, 0.29) is 17.0 Å². The lowest BCUT2D eigenvalue weighted by molar-refractivity contribution is -0.130. The van der Waals surface area contributed by atoms with Crippen LogP contribution in [0.4, 0.5) is 14.5 Å². The monoisotopic (exact) mass is 399 g/mol. The van der Waals surface area contributed by atoms with Crippen LogP contribution in [0.1, 0.15) is 10.4 Å². The van der Waals surface area contributed by atoms with Crippen molar-refractivity contribution in [2.75, 3.05) is 19.0 Å². The second-order valence-corrected chi connectivity index (χ2v) is 6.83. The van der Waals surface area contributed by atoms with Gasteiger partial charge in [0.05, 0.1) is 12.7 Å². The predicted octanol–water partition coefficient (Wildman–Crippen LogP) is 2.46. The van der Waals surface area contributed by atoms with Crippen LogP contribution in [-0.4, -0.2) is 39.1 Å². The summed E-state index contributed by atoms with van der Waals surface area (Å²) in [5, 5.41) is -3.13. The van der Waals surface area contributed by atoms with Crippen molar-refractivity contribution in [1.82, 2.24) is 0 Å². The molecule has 10 heteroatoms. The number of methoxy groups -OCH3 is 1. The van der Waals surface area contributed by atoms with Crippen LogP contribution in [-0.2, 0) is 19.1 Å². The van der Waals surface area contributed by atoms with Gasteiger partial charge in [0.25, 0.3) is 0 Å². The molecule has 0 aliphatic rings. The minimum Gasteiger partial charge on any atom is -0.496 e. The molecule has 0 radical (unpaired) electrons. The molecule has 1 amide bonds. The third kappa shape index (κ3) is 4.66. The first-order chi connectivity index (χ1) is 12.7. The van der Waals surface area contributed by atoms with Gasteiger partial charge in [0, 0.05) is 5.69 Å². The molecule has 0 aromatic heterocycles. The molecule has 0 saturated carbocycles. The second-order valence-electron chi connectivity index (χ2n) is 5.18. The standard InChI is InChI=1S/C17H15F2NO6S/c1-25-15-10-6-5-9-13(15)14(21)11-26-27(23,24)17(18,19)16(22)20-12-7-3-2-4-8-12/h2-10H,11H2,1H3,(H,20,22). The number of Topliss-reactive ketones (excluding diaryl/α,β-unsaturated/α-hetero) is 1. The van der Waals surface area contributed by atoms with E-state index in [1.54, 1.807) is 17.4 Å².